The van der Waals surface area contributed by atoms with Gasteiger partial charge < -0.3 is 19.9 Å². The van der Waals surface area contributed by atoms with Crippen LogP contribution < -0.4 is 10.9 Å². The maximum absolute atomic E-state index is 14.1. The normalized spacial score (nSPS) is 23.9. The summed E-state index contributed by atoms with van der Waals surface area (Å²) in [5.74, 6) is -1.11. The summed E-state index contributed by atoms with van der Waals surface area (Å²) >= 11 is 5.98. The predicted octanol–water partition coefficient (Wildman–Crippen LogP) is 5.11. The Kier molecular flexibility index (Phi) is 4.74. The van der Waals surface area contributed by atoms with E-state index in [4.69, 9.17) is 16.0 Å². The maximum atomic E-state index is 14.1. The third-order valence-electron chi connectivity index (χ3n) is 5.63. The van der Waals surface area contributed by atoms with Crippen LogP contribution in [0.25, 0.3) is 10.8 Å². The minimum absolute atomic E-state index is 0.0135. The molecule has 1 aliphatic rings. The first kappa shape index (κ1) is 20.6. The van der Waals surface area contributed by atoms with Gasteiger partial charge in [-0.1, -0.05) is 30.7 Å². The van der Waals surface area contributed by atoms with E-state index in [1.165, 1.54) is 43.3 Å². The number of rotatable bonds is 2. The summed E-state index contributed by atoms with van der Waals surface area (Å²) in [6, 6.07) is 6.95. The third kappa shape index (κ3) is 3.02. The molecule has 1 aromatic heterocycles. The summed E-state index contributed by atoms with van der Waals surface area (Å²) in [7, 11) is 0. The van der Waals surface area contributed by atoms with Gasteiger partial charge in [0.1, 0.15) is 5.75 Å². The molecule has 0 amide bonds. The SMILES string of the molecule is C[C@@H]1C[C@](O)(C(F)(F)F)[C@@H](Nc2cccc3c(=O)occc23)c2ccc(Cl)c(O)c21. The fourth-order valence-electron chi connectivity index (χ4n) is 4.22. The molecule has 0 saturated carbocycles. The van der Waals surface area contributed by atoms with Crippen LogP contribution in [0.1, 0.15) is 36.4 Å². The highest BCUT2D eigenvalue weighted by Gasteiger charge is 2.62. The van der Waals surface area contributed by atoms with Gasteiger partial charge in [-0.3, -0.25) is 0 Å². The molecule has 1 heterocycles. The van der Waals surface area contributed by atoms with Crippen LogP contribution >= 0.6 is 11.6 Å². The molecule has 0 spiro atoms. The van der Waals surface area contributed by atoms with Gasteiger partial charge in [-0.2, -0.15) is 13.2 Å². The first-order chi connectivity index (χ1) is 14.0. The van der Waals surface area contributed by atoms with E-state index in [9.17, 15) is 28.2 Å². The van der Waals surface area contributed by atoms with Crippen LogP contribution in [0.4, 0.5) is 18.9 Å². The van der Waals surface area contributed by atoms with Gasteiger partial charge >= 0.3 is 11.8 Å². The minimum atomic E-state index is -4.96. The standard InChI is InChI=1S/C21H17ClF3NO4/c1-10-9-20(29,21(23,24)25)18(13-5-6-14(22)17(27)16(10)13)26-15-4-2-3-12-11(15)7-8-30-19(12)28/h2-8,10,18,26-27,29H,9H2,1H3/t10-,18+,20-/m1/s1. The Balaban J connectivity index is 1.94. The summed E-state index contributed by atoms with van der Waals surface area (Å²) in [6.45, 7) is 1.49. The van der Waals surface area contributed by atoms with Gasteiger partial charge in [0.05, 0.1) is 22.7 Å². The number of benzene rings is 2. The zero-order valence-corrected chi connectivity index (χ0v) is 16.4. The number of nitrogens with one attached hydrogen (secondary N) is 1. The van der Waals surface area contributed by atoms with Crippen molar-refractivity contribution >= 4 is 28.1 Å². The van der Waals surface area contributed by atoms with Gasteiger partial charge in [-0.05, 0) is 42.2 Å². The summed E-state index contributed by atoms with van der Waals surface area (Å²) in [6.07, 6.45) is -4.49. The number of hydrogen-bond acceptors (Lipinski definition) is 5. The Morgan fingerprint density at radius 3 is 2.63 bits per heavy atom. The first-order valence-corrected chi connectivity index (χ1v) is 9.50. The fraction of sp³-hybridized carbons (Fsp3) is 0.286. The second-order valence-electron chi connectivity index (χ2n) is 7.48. The average molecular weight is 440 g/mol. The van der Waals surface area contributed by atoms with Crippen molar-refractivity contribution in [3.8, 4) is 5.75 Å². The molecule has 158 valence electrons. The Labute approximate surface area is 173 Å². The summed E-state index contributed by atoms with van der Waals surface area (Å²) in [4.78, 5) is 12.0. The predicted molar refractivity (Wildman–Crippen MR) is 106 cm³/mol. The number of aliphatic hydroxyl groups is 1. The molecule has 3 atom stereocenters. The van der Waals surface area contributed by atoms with Crippen LogP contribution in [0, 0.1) is 0 Å². The van der Waals surface area contributed by atoms with Crippen molar-refractivity contribution in [2.45, 2.75) is 37.1 Å². The van der Waals surface area contributed by atoms with Gasteiger partial charge in [0.2, 0.25) is 0 Å². The van der Waals surface area contributed by atoms with E-state index in [1.807, 2.05) is 0 Å². The third-order valence-corrected chi connectivity index (χ3v) is 5.93. The number of alkyl halides is 3. The lowest BCUT2D eigenvalue weighted by atomic mass is 9.70. The molecule has 0 bridgehead atoms. The smallest absolute Gasteiger partial charge is 0.419 e. The molecule has 5 nitrogen and oxygen atoms in total. The molecular formula is C21H17ClF3NO4. The van der Waals surface area contributed by atoms with E-state index in [2.05, 4.69) is 5.32 Å². The number of phenols is 1. The molecule has 2 aromatic carbocycles. The van der Waals surface area contributed by atoms with Crippen molar-refractivity contribution < 1.29 is 27.8 Å². The molecule has 0 radical (unpaired) electrons. The molecule has 30 heavy (non-hydrogen) atoms. The van der Waals surface area contributed by atoms with Gasteiger partial charge in [-0.25, -0.2) is 4.79 Å². The molecule has 0 aliphatic heterocycles. The molecule has 3 N–H and O–H groups in total. The number of fused-ring (bicyclic) bond motifs is 2. The monoisotopic (exact) mass is 439 g/mol. The van der Waals surface area contributed by atoms with Crippen LogP contribution in [0.15, 0.2) is 51.9 Å². The van der Waals surface area contributed by atoms with Crippen LogP contribution in [-0.2, 0) is 0 Å². The quantitative estimate of drug-likeness (QED) is 0.517. The number of aromatic hydroxyl groups is 1. The molecule has 1 aliphatic carbocycles. The van der Waals surface area contributed by atoms with Crippen molar-refractivity contribution in [3.63, 3.8) is 0 Å². The summed E-state index contributed by atoms with van der Waals surface area (Å²) in [5.41, 5.74) is -3.22. The van der Waals surface area contributed by atoms with Crippen molar-refractivity contribution in [1.29, 1.82) is 0 Å². The largest absolute Gasteiger partial charge is 0.506 e. The van der Waals surface area contributed by atoms with E-state index in [0.29, 0.717) is 5.39 Å². The fourth-order valence-corrected chi connectivity index (χ4v) is 4.38. The first-order valence-electron chi connectivity index (χ1n) is 9.12. The Hall–Kier alpha value is -2.71. The van der Waals surface area contributed by atoms with E-state index in [1.54, 1.807) is 0 Å². The lowest BCUT2D eigenvalue weighted by molar-refractivity contribution is -0.272. The second kappa shape index (κ2) is 6.92. The van der Waals surface area contributed by atoms with Crippen molar-refractivity contribution in [3.05, 3.63) is 69.2 Å². The van der Waals surface area contributed by atoms with Gasteiger partial charge in [-0.15, -0.1) is 0 Å². The van der Waals surface area contributed by atoms with Crippen LogP contribution in [0.2, 0.25) is 5.02 Å². The highest BCUT2D eigenvalue weighted by molar-refractivity contribution is 6.32. The van der Waals surface area contributed by atoms with Crippen molar-refractivity contribution in [2.75, 3.05) is 5.32 Å². The van der Waals surface area contributed by atoms with Gasteiger partial charge in [0.25, 0.3) is 0 Å². The number of halogens is 4. The molecule has 0 unspecified atom stereocenters. The van der Waals surface area contributed by atoms with Crippen LogP contribution in [0.5, 0.6) is 5.75 Å². The maximum Gasteiger partial charge on any atom is 0.419 e. The number of hydrogen-bond donors (Lipinski definition) is 3. The number of anilines is 1. The molecule has 9 heteroatoms. The highest BCUT2D eigenvalue weighted by Crippen LogP contribution is 2.55. The van der Waals surface area contributed by atoms with Gasteiger partial charge in [0.15, 0.2) is 5.60 Å². The summed E-state index contributed by atoms with van der Waals surface area (Å²) < 4.78 is 47.0. The van der Waals surface area contributed by atoms with E-state index >= 15 is 0 Å². The lowest BCUT2D eigenvalue weighted by Crippen LogP contribution is -2.55. The Morgan fingerprint density at radius 1 is 1.20 bits per heavy atom. The van der Waals surface area contributed by atoms with Gasteiger partial charge in [0, 0.05) is 16.6 Å². The molecule has 4 rings (SSSR count). The lowest BCUT2D eigenvalue weighted by Gasteiger charge is -2.45. The van der Waals surface area contributed by atoms with Crippen LogP contribution in [0.3, 0.4) is 0 Å². The van der Waals surface area contributed by atoms with Crippen molar-refractivity contribution in [1.82, 2.24) is 0 Å². The number of phenolic OH excluding ortho intramolecular Hbond substituents is 1. The van der Waals surface area contributed by atoms with E-state index < -0.39 is 35.8 Å². The topological polar surface area (TPSA) is 82.7 Å². The molecular weight excluding hydrogens is 423 g/mol. The van der Waals surface area contributed by atoms with E-state index in [-0.39, 0.29) is 33.0 Å². The summed E-state index contributed by atoms with van der Waals surface area (Å²) in [5, 5.41) is 24.6. The second-order valence-corrected chi connectivity index (χ2v) is 7.89. The molecule has 3 aromatic rings. The van der Waals surface area contributed by atoms with Crippen molar-refractivity contribution in [2.24, 2.45) is 0 Å². The highest BCUT2D eigenvalue weighted by atomic mass is 35.5. The Bertz CT molecular complexity index is 1190. The molecule has 0 fully saturated rings. The minimum Gasteiger partial charge on any atom is -0.506 e. The Morgan fingerprint density at radius 2 is 1.93 bits per heavy atom. The zero-order chi connectivity index (χ0) is 21.8. The van der Waals surface area contributed by atoms with E-state index in [0.717, 1.165) is 6.26 Å². The zero-order valence-electron chi connectivity index (χ0n) is 15.6. The molecule has 0 saturated heterocycles. The van der Waals surface area contributed by atoms with Crippen LogP contribution in [-0.4, -0.2) is 22.0 Å². The average Bonchev–Trinajstić information content (AvgIpc) is 2.67.